The van der Waals surface area contributed by atoms with Crippen molar-refractivity contribution in [3.8, 4) is 11.3 Å². The summed E-state index contributed by atoms with van der Waals surface area (Å²) in [4.78, 5) is 17.8. The van der Waals surface area contributed by atoms with Crippen LogP contribution < -0.4 is 5.32 Å². The van der Waals surface area contributed by atoms with Crippen LogP contribution in [0.25, 0.3) is 22.2 Å². The van der Waals surface area contributed by atoms with Gasteiger partial charge < -0.3 is 4.57 Å². The Labute approximate surface area is 181 Å². The van der Waals surface area contributed by atoms with Gasteiger partial charge in [-0.2, -0.15) is 0 Å². The Hall–Kier alpha value is -2.92. The maximum absolute atomic E-state index is 13.2. The zero-order valence-corrected chi connectivity index (χ0v) is 18.8. The molecule has 4 nitrogen and oxygen atoms in total. The molecule has 0 saturated carbocycles. The third-order valence-electron chi connectivity index (χ3n) is 5.70. The second kappa shape index (κ2) is 8.44. The summed E-state index contributed by atoms with van der Waals surface area (Å²) in [5, 5.41) is 6.79. The molecule has 0 aliphatic heterocycles. The molecule has 1 amide bonds. The fourth-order valence-corrected chi connectivity index (χ4v) is 4.66. The first-order valence-corrected chi connectivity index (χ1v) is 11.4. The number of aryl methyl sites for hydroxylation is 4. The minimum absolute atomic E-state index is 0.106. The average molecular weight is 418 g/mol. The standard InChI is InChI=1S/C25H27N3OS/c1-5-17-8-11-19(12-9-17)21-15-30-25(26-21)27-24(29)23-16(4)20-14-18(6-2)10-13-22(20)28(23)7-3/h8-15H,5-7H2,1-4H3,(H,26,27,29). The Bertz CT molecular complexity index is 1200. The van der Waals surface area contributed by atoms with E-state index in [9.17, 15) is 4.79 Å². The number of hydrogen-bond acceptors (Lipinski definition) is 3. The molecular formula is C25H27N3OS. The number of benzene rings is 2. The number of carbonyl (C=O) groups is 1. The summed E-state index contributed by atoms with van der Waals surface area (Å²) in [5.41, 5.74) is 7.37. The largest absolute Gasteiger partial charge is 0.337 e. The number of nitrogens with zero attached hydrogens (tertiary/aromatic N) is 2. The lowest BCUT2D eigenvalue weighted by molar-refractivity contribution is 0.101. The topological polar surface area (TPSA) is 46.9 Å². The highest BCUT2D eigenvalue weighted by Crippen LogP contribution is 2.29. The second-order valence-corrected chi connectivity index (χ2v) is 8.32. The van der Waals surface area contributed by atoms with Crippen LogP contribution in [0.3, 0.4) is 0 Å². The lowest BCUT2D eigenvalue weighted by Gasteiger charge is -2.08. The first-order chi connectivity index (χ1) is 14.5. The summed E-state index contributed by atoms with van der Waals surface area (Å²) in [6.45, 7) is 9.14. The minimum Gasteiger partial charge on any atom is -0.337 e. The van der Waals surface area contributed by atoms with E-state index in [1.54, 1.807) is 0 Å². The van der Waals surface area contributed by atoms with Gasteiger partial charge in [-0.1, -0.05) is 44.2 Å². The van der Waals surface area contributed by atoms with Gasteiger partial charge in [-0.15, -0.1) is 11.3 Å². The fourth-order valence-electron chi connectivity index (χ4n) is 3.94. The van der Waals surface area contributed by atoms with E-state index in [0.29, 0.717) is 10.8 Å². The molecule has 0 fully saturated rings. The highest BCUT2D eigenvalue weighted by Gasteiger charge is 2.21. The van der Waals surface area contributed by atoms with E-state index >= 15 is 0 Å². The van der Waals surface area contributed by atoms with Crippen molar-refractivity contribution in [2.75, 3.05) is 5.32 Å². The Balaban J connectivity index is 1.63. The third kappa shape index (κ3) is 3.65. The van der Waals surface area contributed by atoms with Gasteiger partial charge in [0.2, 0.25) is 0 Å². The van der Waals surface area contributed by atoms with E-state index in [2.05, 4.69) is 78.1 Å². The first kappa shape index (κ1) is 20.4. The molecule has 0 spiro atoms. The molecule has 2 aromatic carbocycles. The molecule has 30 heavy (non-hydrogen) atoms. The zero-order valence-electron chi connectivity index (χ0n) is 18.0. The van der Waals surface area contributed by atoms with Crippen molar-refractivity contribution in [1.29, 1.82) is 0 Å². The maximum atomic E-state index is 13.2. The van der Waals surface area contributed by atoms with Crippen molar-refractivity contribution < 1.29 is 4.79 Å². The molecule has 0 radical (unpaired) electrons. The van der Waals surface area contributed by atoms with Gasteiger partial charge in [0, 0.05) is 28.4 Å². The van der Waals surface area contributed by atoms with Crippen LogP contribution in [0, 0.1) is 6.92 Å². The number of fused-ring (bicyclic) bond motifs is 1. The van der Waals surface area contributed by atoms with Gasteiger partial charge in [0.1, 0.15) is 5.69 Å². The van der Waals surface area contributed by atoms with E-state index in [1.165, 1.54) is 22.5 Å². The average Bonchev–Trinajstić information content (AvgIpc) is 3.35. The quantitative estimate of drug-likeness (QED) is 0.391. The normalized spacial score (nSPS) is 11.2. The van der Waals surface area contributed by atoms with Crippen molar-refractivity contribution in [3.05, 3.63) is 70.2 Å². The summed E-state index contributed by atoms with van der Waals surface area (Å²) < 4.78 is 2.09. The lowest BCUT2D eigenvalue weighted by atomic mass is 10.1. The molecular weight excluding hydrogens is 390 g/mol. The van der Waals surface area contributed by atoms with E-state index in [-0.39, 0.29) is 5.91 Å². The summed E-state index contributed by atoms with van der Waals surface area (Å²) in [7, 11) is 0. The van der Waals surface area contributed by atoms with Gasteiger partial charge in [-0.3, -0.25) is 10.1 Å². The molecule has 0 unspecified atom stereocenters. The summed E-state index contributed by atoms with van der Waals surface area (Å²) in [6.07, 6.45) is 2.00. The Morgan fingerprint density at radius 3 is 2.40 bits per heavy atom. The van der Waals surface area contributed by atoms with Crippen LogP contribution in [-0.2, 0) is 19.4 Å². The number of hydrogen-bond donors (Lipinski definition) is 1. The second-order valence-electron chi connectivity index (χ2n) is 7.47. The van der Waals surface area contributed by atoms with Crippen LogP contribution in [0.4, 0.5) is 5.13 Å². The number of rotatable bonds is 6. The number of nitrogens with one attached hydrogen (secondary N) is 1. The van der Waals surface area contributed by atoms with Gasteiger partial charge in [0.25, 0.3) is 5.91 Å². The monoisotopic (exact) mass is 417 g/mol. The van der Waals surface area contributed by atoms with Crippen molar-refractivity contribution in [2.45, 2.75) is 47.1 Å². The summed E-state index contributed by atoms with van der Waals surface area (Å²) in [6, 6.07) is 14.9. The van der Waals surface area contributed by atoms with Crippen molar-refractivity contribution in [2.24, 2.45) is 0 Å². The van der Waals surface area contributed by atoms with Crippen molar-refractivity contribution in [1.82, 2.24) is 9.55 Å². The number of carbonyl (C=O) groups excluding carboxylic acids is 1. The van der Waals surface area contributed by atoms with Crippen LogP contribution >= 0.6 is 11.3 Å². The van der Waals surface area contributed by atoms with Crippen LogP contribution in [0.1, 0.15) is 48.0 Å². The van der Waals surface area contributed by atoms with Crippen LogP contribution in [0.15, 0.2) is 47.8 Å². The highest BCUT2D eigenvalue weighted by molar-refractivity contribution is 7.14. The SMILES string of the molecule is CCc1ccc(-c2csc(NC(=O)c3c(C)c4cc(CC)ccc4n3CC)n2)cc1. The molecule has 0 aliphatic carbocycles. The number of anilines is 1. The van der Waals surface area contributed by atoms with E-state index in [1.807, 2.05) is 12.3 Å². The Kier molecular flexibility index (Phi) is 5.73. The third-order valence-corrected chi connectivity index (χ3v) is 6.46. The zero-order chi connectivity index (χ0) is 21.3. The lowest BCUT2D eigenvalue weighted by Crippen LogP contribution is -2.17. The molecule has 4 aromatic rings. The molecule has 5 heteroatoms. The number of amides is 1. The maximum Gasteiger partial charge on any atom is 0.274 e. The molecule has 0 bridgehead atoms. The summed E-state index contributed by atoms with van der Waals surface area (Å²) >= 11 is 1.46. The minimum atomic E-state index is -0.106. The van der Waals surface area contributed by atoms with Crippen LogP contribution in [-0.4, -0.2) is 15.5 Å². The first-order valence-electron chi connectivity index (χ1n) is 10.5. The summed E-state index contributed by atoms with van der Waals surface area (Å²) in [5.74, 6) is -0.106. The van der Waals surface area contributed by atoms with Crippen molar-refractivity contribution in [3.63, 3.8) is 0 Å². The number of thiazole rings is 1. The van der Waals surface area contributed by atoms with Gasteiger partial charge in [0.05, 0.1) is 5.69 Å². The van der Waals surface area contributed by atoms with Gasteiger partial charge in [-0.25, -0.2) is 4.98 Å². The van der Waals surface area contributed by atoms with Crippen molar-refractivity contribution >= 4 is 33.3 Å². The van der Waals surface area contributed by atoms with Gasteiger partial charge >= 0.3 is 0 Å². The Morgan fingerprint density at radius 1 is 1.03 bits per heavy atom. The van der Waals surface area contributed by atoms with Gasteiger partial charge in [0.15, 0.2) is 5.13 Å². The number of aromatic nitrogens is 2. The van der Waals surface area contributed by atoms with Crippen LogP contribution in [0.2, 0.25) is 0 Å². The molecule has 154 valence electrons. The smallest absolute Gasteiger partial charge is 0.274 e. The predicted molar refractivity (Wildman–Crippen MR) is 127 cm³/mol. The van der Waals surface area contributed by atoms with Crippen LogP contribution in [0.5, 0.6) is 0 Å². The predicted octanol–water partition coefficient (Wildman–Crippen LogP) is 6.47. The molecule has 0 saturated heterocycles. The highest BCUT2D eigenvalue weighted by atomic mass is 32.1. The molecule has 4 rings (SSSR count). The molecule has 0 atom stereocenters. The molecule has 2 heterocycles. The molecule has 2 aromatic heterocycles. The van der Waals surface area contributed by atoms with E-state index in [0.717, 1.165) is 47.1 Å². The molecule has 0 aliphatic rings. The van der Waals surface area contributed by atoms with E-state index in [4.69, 9.17) is 0 Å². The molecule has 1 N–H and O–H groups in total. The Morgan fingerprint density at radius 2 is 1.73 bits per heavy atom. The van der Waals surface area contributed by atoms with Gasteiger partial charge in [-0.05, 0) is 55.5 Å². The fraction of sp³-hybridized carbons (Fsp3) is 0.280. The van der Waals surface area contributed by atoms with E-state index < -0.39 is 0 Å².